The Labute approximate surface area is 82.0 Å². The predicted octanol–water partition coefficient (Wildman–Crippen LogP) is 2.81. The Balaban J connectivity index is 3.11. The van der Waals surface area contributed by atoms with Crippen molar-refractivity contribution in [1.29, 1.82) is 0 Å². The van der Waals surface area contributed by atoms with Gasteiger partial charge in [-0.15, -0.1) is 0 Å². The molecule has 0 aliphatic rings. The van der Waals surface area contributed by atoms with Gasteiger partial charge in [-0.2, -0.15) is 11.8 Å². The number of benzene rings is 1. The highest BCUT2D eigenvalue weighted by Crippen LogP contribution is 2.28. The first kappa shape index (κ1) is 10.1. The molecule has 13 heavy (non-hydrogen) atoms. The van der Waals surface area contributed by atoms with Crippen LogP contribution in [0.25, 0.3) is 0 Å². The third kappa shape index (κ3) is 2.25. The Kier molecular flexibility index (Phi) is 3.37. The van der Waals surface area contributed by atoms with Crippen molar-refractivity contribution in [3.8, 4) is 0 Å². The molecular formula is C10H12O2S. The molecule has 0 saturated carbocycles. The van der Waals surface area contributed by atoms with Crippen LogP contribution < -0.4 is 0 Å². The van der Waals surface area contributed by atoms with E-state index in [1.165, 1.54) is 0 Å². The summed E-state index contributed by atoms with van der Waals surface area (Å²) in [6.07, 6.45) is 1.98. The lowest BCUT2D eigenvalue weighted by Gasteiger charge is -2.11. The van der Waals surface area contributed by atoms with Gasteiger partial charge < -0.3 is 5.11 Å². The summed E-state index contributed by atoms with van der Waals surface area (Å²) in [6, 6.07) is 7.13. The molecule has 2 nitrogen and oxygen atoms in total. The zero-order chi connectivity index (χ0) is 9.84. The summed E-state index contributed by atoms with van der Waals surface area (Å²) in [5.74, 6) is -0.850. The van der Waals surface area contributed by atoms with Crippen molar-refractivity contribution < 1.29 is 9.90 Å². The molecule has 0 aliphatic heterocycles. The first-order valence-electron chi connectivity index (χ1n) is 4.02. The van der Waals surface area contributed by atoms with Crippen LogP contribution in [-0.2, 0) is 0 Å². The number of carbonyl (C=O) groups is 1. The SMILES string of the molecule is CSC(C)c1ccccc1C(=O)O. The van der Waals surface area contributed by atoms with Gasteiger partial charge in [-0.05, 0) is 24.8 Å². The minimum atomic E-state index is -0.850. The lowest BCUT2D eigenvalue weighted by Crippen LogP contribution is -2.03. The van der Waals surface area contributed by atoms with Crippen LogP contribution in [-0.4, -0.2) is 17.3 Å². The van der Waals surface area contributed by atoms with E-state index < -0.39 is 5.97 Å². The van der Waals surface area contributed by atoms with Gasteiger partial charge in [0, 0.05) is 5.25 Å². The van der Waals surface area contributed by atoms with Crippen molar-refractivity contribution >= 4 is 17.7 Å². The third-order valence-electron chi connectivity index (χ3n) is 1.98. The Morgan fingerprint density at radius 1 is 1.46 bits per heavy atom. The number of hydrogen-bond acceptors (Lipinski definition) is 2. The minimum absolute atomic E-state index is 0.229. The van der Waals surface area contributed by atoms with Gasteiger partial charge in [0.2, 0.25) is 0 Å². The van der Waals surface area contributed by atoms with Crippen molar-refractivity contribution in [1.82, 2.24) is 0 Å². The van der Waals surface area contributed by atoms with Crippen molar-refractivity contribution in [2.75, 3.05) is 6.26 Å². The molecule has 1 rings (SSSR count). The fourth-order valence-corrected chi connectivity index (χ4v) is 1.63. The van der Waals surface area contributed by atoms with Crippen LogP contribution in [0.2, 0.25) is 0 Å². The molecule has 0 aromatic heterocycles. The van der Waals surface area contributed by atoms with E-state index in [-0.39, 0.29) is 5.25 Å². The van der Waals surface area contributed by atoms with Gasteiger partial charge in [0.1, 0.15) is 0 Å². The topological polar surface area (TPSA) is 37.3 Å². The van der Waals surface area contributed by atoms with Crippen LogP contribution >= 0.6 is 11.8 Å². The first-order chi connectivity index (χ1) is 6.16. The second kappa shape index (κ2) is 4.33. The van der Waals surface area contributed by atoms with E-state index in [2.05, 4.69) is 0 Å². The van der Waals surface area contributed by atoms with Crippen LogP contribution in [0.3, 0.4) is 0 Å². The van der Waals surface area contributed by atoms with Gasteiger partial charge in [0.05, 0.1) is 5.56 Å². The number of aromatic carboxylic acids is 1. The maximum atomic E-state index is 10.8. The van der Waals surface area contributed by atoms with Gasteiger partial charge in [0.25, 0.3) is 0 Å². The van der Waals surface area contributed by atoms with Crippen LogP contribution in [0.15, 0.2) is 24.3 Å². The zero-order valence-corrected chi connectivity index (χ0v) is 8.47. The lowest BCUT2D eigenvalue weighted by atomic mass is 10.1. The van der Waals surface area contributed by atoms with E-state index in [1.807, 2.05) is 25.3 Å². The fourth-order valence-electron chi connectivity index (χ4n) is 1.17. The maximum Gasteiger partial charge on any atom is 0.336 e. The van der Waals surface area contributed by atoms with E-state index in [4.69, 9.17) is 5.11 Å². The molecule has 0 fully saturated rings. The summed E-state index contributed by atoms with van der Waals surface area (Å²) in [5, 5.41) is 9.13. The van der Waals surface area contributed by atoms with Gasteiger partial charge in [-0.3, -0.25) is 0 Å². The van der Waals surface area contributed by atoms with Gasteiger partial charge in [-0.25, -0.2) is 4.79 Å². The Morgan fingerprint density at radius 3 is 2.62 bits per heavy atom. The summed E-state index contributed by atoms with van der Waals surface area (Å²) in [4.78, 5) is 10.8. The number of carboxylic acids is 1. The molecular weight excluding hydrogens is 184 g/mol. The number of carboxylic acid groups (broad SMARTS) is 1. The monoisotopic (exact) mass is 196 g/mol. The maximum absolute atomic E-state index is 10.8. The van der Waals surface area contributed by atoms with Gasteiger partial charge in [0.15, 0.2) is 0 Å². The van der Waals surface area contributed by atoms with Gasteiger partial charge >= 0.3 is 5.97 Å². The van der Waals surface area contributed by atoms with Crippen LogP contribution in [0.4, 0.5) is 0 Å². The van der Waals surface area contributed by atoms with E-state index >= 15 is 0 Å². The van der Waals surface area contributed by atoms with Crippen molar-refractivity contribution in [3.63, 3.8) is 0 Å². The van der Waals surface area contributed by atoms with E-state index in [0.29, 0.717) is 5.56 Å². The van der Waals surface area contributed by atoms with E-state index in [0.717, 1.165) is 5.56 Å². The number of rotatable bonds is 3. The molecule has 0 saturated heterocycles. The molecule has 0 radical (unpaired) electrons. The Bertz CT molecular complexity index is 310. The van der Waals surface area contributed by atoms with Crippen molar-refractivity contribution in [2.45, 2.75) is 12.2 Å². The molecule has 0 aliphatic carbocycles. The van der Waals surface area contributed by atoms with Gasteiger partial charge in [-0.1, -0.05) is 18.2 Å². The minimum Gasteiger partial charge on any atom is -0.478 e. The molecule has 70 valence electrons. The highest BCUT2D eigenvalue weighted by Gasteiger charge is 2.13. The van der Waals surface area contributed by atoms with Crippen molar-refractivity contribution in [2.24, 2.45) is 0 Å². The molecule has 0 amide bonds. The van der Waals surface area contributed by atoms with E-state index in [1.54, 1.807) is 23.9 Å². The molecule has 1 aromatic carbocycles. The second-order valence-corrected chi connectivity index (χ2v) is 3.95. The Hall–Kier alpha value is -0.960. The highest BCUT2D eigenvalue weighted by molar-refractivity contribution is 7.98. The summed E-state index contributed by atoms with van der Waals surface area (Å²) >= 11 is 1.65. The molecule has 3 heteroatoms. The predicted molar refractivity (Wildman–Crippen MR) is 55.3 cm³/mol. The molecule has 1 unspecified atom stereocenters. The Morgan fingerprint density at radius 2 is 2.08 bits per heavy atom. The van der Waals surface area contributed by atoms with E-state index in [9.17, 15) is 4.79 Å². The zero-order valence-electron chi connectivity index (χ0n) is 7.65. The molecule has 0 heterocycles. The average molecular weight is 196 g/mol. The summed E-state index contributed by atoms with van der Waals surface area (Å²) in [7, 11) is 0. The summed E-state index contributed by atoms with van der Waals surface area (Å²) in [6.45, 7) is 2.01. The normalized spacial score (nSPS) is 12.5. The third-order valence-corrected chi connectivity index (χ3v) is 2.94. The quantitative estimate of drug-likeness (QED) is 0.807. The molecule has 1 atom stereocenters. The van der Waals surface area contributed by atoms with Crippen LogP contribution in [0.5, 0.6) is 0 Å². The molecule has 1 aromatic rings. The summed E-state index contributed by atoms with van der Waals surface area (Å²) < 4.78 is 0. The highest BCUT2D eigenvalue weighted by atomic mass is 32.2. The standard InChI is InChI=1S/C10H12O2S/c1-7(13-2)8-5-3-4-6-9(8)10(11)12/h3-7H,1-2H3,(H,11,12). The average Bonchev–Trinajstić information content (AvgIpc) is 2.16. The second-order valence-electron chi connectivity index (χ2n) is 2.77. The smallest absolute Gasteiger partial charge is 0.336 e. The molecule has 0 bridgehead atoms. The van der Waals surface area contributed by atoms with Crippen LogP contribution in [0, 0.1) is 0 Å². The fraction of sp³-hybridized carbons (Fsp3) is 0.300. The number of hydrogen-bond donors (Lipinski definition) is 1. The van der Waals surface area contributed by atoms with Crippen molar-refractivity contribution in [3.05, 3.63) is 35.4 Å². The first-order valence-corrected chi connectivity index (χ1v) is 5.30. The number of thioether (sulfide) groups is 1. The molecule has 1 N–H and O–H groups in total. The summed E-state index contributed by atoms with van der Waals surface area (Å²) in [5.41, 5.74) is 1.30. The van der Waals surface area contributed by atoms with Crippen LogP contribution in [0.1, 0.15) is 28.1 Å². The largest absolute Gasteiger partial charge is 0.478 e. The molecule has 0 spiro atoms. The lowest BCUT2D eigenvalue weighted by molar-refractivity contribution is 0.0695.